The van der Waals surface area contributed by atoms with Crippen molar-refractivity contribution in [2.45, 2.75) is 6.04 Å². The third kappa shape index (κ3) is 2.42. The number of amidine groups is 1. The fourth-order valence-corrected chi connectivity index (χ4v) is 3.04. The average molecular weight is 321 g/mol. The van der Waals surface area contributed by atoms with Crippen LogP contribution in [0.2, 0.25) is 0 Å². The molecule has 6 heteroatoms. The predicted molar refractivity (Wildman–Crippen MR) is 95.9 cm³/mol. The zero-order valence-electron chi connectivity index (χ0n) is 13.6. The minimum atomic E-state index is -0.0416. The molecule has 0 saturated carbocycles. The number of para-hydroxylation sites is 1. The first-order valence-electron chi connectivity index (χ1n) is 7.84. The van der Waals surface area contributed by atoms with E-state index in [1.54, 1.807) is 7.05 Å². The number of hydrogen-bond donors (Lipinski definition) is 4. The summed E-state index contributed by atoms with van der Waals surface area (Å²) >= 11 is 0. The molecule has 4 N–H and O–H groups in total. The van der Waals surface area contributed by atoms with Crippen molar-refractivity contribution >= 4 is 22.5 Å². The van der Waals surface area contributed by atoms with Gasteiger partial charge >= 0.3 is 0 Å². The van der Waals surface area contributed by atoms with Crippen LogP contribution in [0.1, 0.15) is 22.9 Å². The lowest BCUT2D eigenvalue weighted by molar-refractivity contribution is 0.501. The first-order chi connectivity index (χ1) is 11.8. The number of benzene rings is 2. The molecule has 3 aromatic rings. The van der Waals surface area contributed by atoms with E-state index >= 15 is 0 Å². The van der Waals surface area contributed by atoms with Crippen molar-refractivity contribution in [2.75, 3.05) is 19.5 Å². The quantitative estimate of drug-likeness (QED) is 0.339. The highest BCUT2D eigenvalue weighted by molar-refractivity contribution is 5.99. The summed E-state index contributed by atoms with van der Waals surface area (Å²) in [7, 11) is 3.58. The number of anilines is 1. The van der Waals surface area contributed by atoms with E-state index in [0.717, 1.165) is 39.4 Å². The van der Waals surface area contributed by atoms with Crippen LogP contribution in [0.15, 0.2) is 57.9 Å². The monoisotopic (exact) mass is 321 g/mol. The second-order valence-electron chi connectivity index (χ2n) is 5.64. The van der Waals surface area contributed by atoms with Crippen LogP contribution in [0.3, 0.4) is 0 Å². The molecule has 1 aromatic heterocycles. The minimum absolute atomic E-state index is 0.0416. The number of nitrogens with one attached hydrogen (secondary N) is 4. The fourth-order valence-electron chi connectivity index (χ4n) is 3.04. The standard InChI is InChI=1S/C18H19N5O/c1-19-18(23-20-2)12-7-8-14-13(9-12)17(22-21-14)16-10-11-5-3-4-6-15(11)24-16/h3-10,17,20-22H,1-2H3,(H,19,23). The molecule has 2 heterocycles. The van der Waals surface area contributed by atoms with Crippen LogP contribution in [-0.2, 0) is 0 Å². The van der Waals surface area contributed by atoms with Gasteiger partial charge < -0.3 is 15.3 Å². The Bertz CT molecular complexity index is 882. The highest BCUT2D eigenvalue weighted by atomic mass is 16.3. The smallest absolute Gasteiger partial charge is 0.142 e. The summed E-state index contributed by atoms with van der Waals surface area (Å²) in [6.45, 7) is 0. The molecule has 0 spiro atoms. The Morgan fingerprint density at radius 2 is 2.04 bits per heavy atom. The van der Waals surface area contributed by atoms with E-state index in [1.807, 2.05) is 37.4 Å². The molecular weight excluding hydrogens is 302 g/mol. The van der Waals surface area contributed by atoms with Gasteiger partial charge in [0.05, 0.1) is 5.69 Å². The molecule has 1 unspecified atom stereocenters. The van der Waals surface area contributed by atoms with E-state index in [-0.39, 0.29) is 6.04 Å². The van der Waals surface area contributed by atoms with Crippen molar-refractivity contribution in [3.05, 3.63) is 65.4 Å². The Morgan fingerprint density at radius 1 is 1.17 bits per heavy atom. The molecule has 0 saturated heterocycles. The molecule has 0 aliphatic carbocycles. The maximum absolute atomic E-state index is 6.02. The molecule has 4 rings (SSSR count). The molecule has 1 aliphatic rings. The Morgan fingerprint density at radius 3 is 2.83 bits per heavy atom. The van der Waals surface area contributed by atoms with Gasteiger partial charge in [0, 0.05) is 30.6 Å². The summed E-state index contributed by atoms with van der Waals surface area (Å²) in [5, 5.41) is 1.10. The molecule has 0 bridgehead atoms. The average Bonchev–Trinajstić information content (AvgIpc) is 3.22. The van der Waals surface area contributed by atoms with Gasteiger partial charge in [0.15, 0.2) is 0 Å². The molecule has 0 fully saturated rings. The van der Waals surface area contributed by atoms with E-state index in [4.69, 9.17) is 4.42 Å². The van der Waals surface area contributed by atoms with Gasteiger partial charge in [0.2, 0.25) is 0 Å². The number of rotatable bonds is 3. The van der Waals surface area contributed by atoms with Crippen molar-refractivity contribution < 1.29 is 4.42 Å². The van der Waals surface area contributed by atoms with Crippen molar-refractivity contribution in [1.82, 2.24) is 16.3 Å². The first-order valence-corrected chi connectivity index (χ1v) is 7.84. The molecule has 2 aromatic carbocycles. The normalized spacial score (nSPS) is 16.9. The highest BCUT2D eigenvalue weighted by Crippen LogP contribution is 2.36. The highest BCUT2D eigenvalue weighted by Gasteiger charge is 2.27. The molecule has 1 aliphatic heterocycles. The summed E-state index contributed by atoms with van der Waals surface area (Å²) in [6, 6.07) is 16.3. The molecule has 1 atom stereocenters. The van der Waals surface area contributed by atoms with Gasteiger partial charge in [-0.05, 0) is 30.3 Å². The van der Waals surface area contributed by atoms with Crippen LogP contribution in [0.25, 0.3) is 11.0 Å². The lowest BCUT2D eigenvalue weighted by Crippen LogP contribution is -2.34. The lowest BCUT2D eigenvalue weighted by Gasteiger charge is -2.11. The van der Waals surface area contributed by atoms with Gasteiger partial charge in [-0.25, -0.2) is 10.9 Å². The molecule has 6 nitrogen and oxygen atoms in total. The summed E-state index contributed by atoms with van der Waals surface area (Å²) in [4.78, 5) is 4.28. The van der Waals surface area contributed by atoms with Crippen molar-refractivity contribution in [1.29, 1.82) is 0 Å². The number of aliphatic imine (C=N–C) groups is 1. The molecule has 0 amide bonds. The maximum Gasteiger partial charge on any atom is 0.142 e. The van der Waals surface area contributed by atoms with Gasteiger partial charge in [-0.15, -0.1) is 0 Å². The second kappa shape index (κ2) is 5.99. The van der Waals surface area contributed by atoms with Crippen LogP contribution in [-0.4, -0.2) is 19.9 Å². The first kappa shape index (κ1) is 14.7. The maximum atomic E-state index is 6.02. The van der Waals surface area contributed by atoms with Gasteiger partial charge in [-0.2, -0.15) is 0 Å². The zero-order chi connectivity index (χ0) is 16.5. The number of fused-ring (bicyclic) bond motifs is 2. The Hall–Kier alpha value is -2.83. The van der Waals surface area contributed by atoms with Crippen molar-refractivity contribution in [2.24, 2.45) is 4.99 Å². The second-order valence-corrected chi connectivity index (χ2v) is 5.64. The van der Waals surface area contributed by atoms with Crippen LogP contribution in [0, 0.1) is 0 Å². The molecule has 122 valence electrons. The third-order valence-electron chi connectivity index (χ3n) is 4.18. The molecular formula is C18H19N5O. The zero-order valence-corrected chi connectivity index (χ0v) is 13.6. The topological polar surface area (TPSA) is 73.6 Å². The number of hydrazine groups is 2. The summed E-state index contributed by atoms with van der Waals surface area (Å²) in [5.74, 6) is 1.67. The molecule has 24 heavy (non-hydrogen) atoms. The van der Waals surface area contributed by atoms with Crippen LogP contribution in [0.5, 0.6) is 0 Å². The Kier molecular flexibility index (Phi) is 3.68. The van der Waals surface area contributed by atoms with Gasteiger partial charge in [0.1, 0.15) is 23.2 Å². The third-order valence-corrected chi connectivity index (χ3v) is 4.18. The van der Waals surface area contributed by atoms with Gasteiger partial charge in [-0.1, -0.05) is 18.2 Å². The summed E-state index contributed by atoms with van der Waals surface area (Å²) in [5.41, 5.74) is 16.6. The lowest BCUT2D eigenvalue weighted by atomic mass is 10.0. The van der Waals surface area contributed by atoms with E-state index < -0.39 is 0 Å². The Balaban J connectivity index is 1.74. The van der Waals surface area contributed by atoms with Crippen LogP contribution in [0.4, 0.5) is 5.69 Å². The summed E-state index contributed by atoms with van der Waals surface area (Å²) < 4.78 is 6.02. The van der Waals surface area contributed by atoms with E-state index in [2.05, 4.69) is 44.9 Å². The van der Waals surface area contributed by atoms with Gasteiger partial charge in [-0.3, -0.25) is 4.99 Å². The van der Waals surface area contributed by atoms with E-state index in [0.29, 0.717) is 0 Å². The van der Waals surface area contributed by atoms with Crippen LogP contribution >= 0.6 is 0 Å². The van der Waals surface area contributed by atoms with Crippen LogP contribution < -0.4 is 21.7 Å². The summed E-state index contributed by atoms with van der Waals surface area (Å²) in [6.07, 6.45) is 0. The molecule has 0 radical (unpaired) electrons. The van der Waals surface area contributed by atoms with Gasteiger partial charge in [0.25, 0.3) is 0 Å². The van der Waals surface area contributed by atoms with Crippen molar-refractivity contribution in [3.63, 3.8) is 0 Å². The Labute approximate surface area is 139 Å². The minimum Gasteiger partial charge on any atom is -0.459 e. The fraction of sp³-hybridized carbons (Fsp3) is 0.167. The van der Waals surface area contributed by atoms with E-state index in [1.165, 1.54) is 0 Å². The number of furan rings is 1. The van der Waals surface area contributed by atoms with Crippen molar-refractivity contribution in [3.8, 4) is 0 Å². The van der Waals surface area contributed by atoms with E-state index in [9.17, 15) is 0 Å². The SMILES string of the molecule is CN=C(NNC)c1ccc2c(c1)C(c1cc3ccccc3o1)NN2. The largest absolute Gasteiger partial charge is 0.459 e. The predicted octanol–water partition coefficient (Wildman–Crippen LogP) is 2.55. The number of nitrogens with zero attached hydrogens (tertiary/aromatic N) is 1. The number of hydrogen-bond acceptors (Lipinski definition) is 5.